The second-order valence-electron chi connectivity index (χ2n) is 5.79. The molecule has 0 saturated heterocycles. The number of hydrogen-bond acceptors (Lipinski definition) is 7. The molecular weight excluding hydrogens is 328 g/mol. The maximum Gasteiger partial charge on any atom is 0.231 e. The van der Waals surface area contributed by atoms with Crippen LogP contribution in [0.3, 0.4) is 0 Å². The molecule has 1 N–H and O–H groups in total. The monoisotopic (exact) mass is 346 g/mol. The Morgan fingerprint density at radius 1 is 0.840 bits per heavy atom. The van der Waals surface area contributed by atoms with Crippen molar-refractivity contribution in [3.05, 3.63) is 17.2 Å². The SMILES string of the molecule is COc1c(C)cc(-c2c(O)c(C)c(OC)c3c2OCO3)c2c1OCO2. The van der Waals surface area contributed by atoms with Crippen LogP contribution in [0.4, 0.5) is 0 Å². The third-order valence-electron chi connectivity index (χ3n) is 4.44. The van der Waals surface area contributed by atoms with E-state index < -0.39 is 0 Å². The van der Waals surface area contributed by atoms with E-state index in [9.17, 15) is 5.11 Å². The van der Waals surface area contributed by atoms with E-state index >= 15 is 0 Å². The number of fused-ring (bicyclic) bond motifs is 2. The van der Waals surface area contributed by atoms with Crippen LogP contribution in [0.25, 0.3) is 11.1 Å². The summed E-state index contributed by atoms with van der Waals surface area (Å²) in [7, 11) is 3.10. The highest BCUT2D eigenvalue weighted by Gasteiger charge is 2.34. The average molecular weight is 346 g/mol. The second kappa shape index (κ2) is 5.54. The van der Waals surface area contributed by atoms with Crippen LogP contribution < -0.4 is 28.4 Å². The molecule has 0 bridgehead atoms. The fourth-order valence-corrected chi connectivity index (χ4v) is 3.31. The minimum Gasteiger partial charge on any atom is -0.507 e. The highest BCUT2D eigenvalue weighted by molar-refractivity contribution is 5.90. The number of aromatic hydroxyl groups is 1. The number of hydrogen-bond donors (Lipinski definition) is 1. The lowest BCUT2D eigenvalue weighted by molar-refractivity contribution is 0.170. The van der Waals surface area contributed by atoms with Gasteiger partial charge in [0.05, 0.1) is 19.8 Å². The summed E-state index contributed by atoms with van der Waals surface area (Å²) in [5, 5.41) is 10.8. The van der Waals surface area contributed by atoms with Crippen LogP contribution in [0.1, 0.15) is 11.1 Å². The summed E-state index contributed by atoms with van der Waals surface area (Å²) in [4.78, 5) is 0. The maximum atomic E-state index is 10.8. The minimum absolute atomic E-state index is 0.0448. The van der Waals surface area contributed by atoms with Gasteiger partial charge in [-0.2, -0.15) is 0 Å². The highest BCUT2D eigenvalue weighted by atomic mass is 16.7. The van der Waals surface area contributed by atoms with Crippen molar-refractivity contribution in [2.75, 3.05) is 27.8 Å². The quantitative estimate of drug-likeness (QED) is 0.915. The number of methoxy groups -OCH3 is 2. The highest BCUT2D eigenvalue weighted by Crippen LogP contribution is 2.59. The van der Waals surface area contributed by atoms with Gasteiger partial charge in [0.25, 0.3) is 0 Å². The summed E-state index contributed by atoms with van der Waals surface area (Å²) in [5.74, 6) is 3.00. The summed E-state index contributed by atoms with van der Waals surface area (Å²) in [6, 6.07) is 1.87. The first kappa shape index (κ1) is 15.6. The van der Waals surface area contributed by atoms with Crippen molar-refractivity contribution in [2.45, 2.75) is 13.8 Å². The number of phenolic OH excluding ortho intramolecular Hbond substituents is 1. The van der Waals surface area contributed by atoms with Crippen molar-refractivity contribution >= 4 is 0 Å². The van der Waals surface area contributed by atoms with Gasteiger partial charge < -0.3 is 33.5 Å². The van der Waals surface area contributed by atoms with E-state index in [2.05, 4.69) is 0 Å². The van der Waals surface area contributed by atoms with E-state index in [0.29, 0.717) is 51.2 Å². The van der Waals surface area contributed by atoms with E-state index in [1.807, 2.05) is 13.0 Å². The molecule has 0 fully saturated rings. The standard InChI is InChI=1S/C18H18O7/c1-8-5-10(15-17(13(8)20-3)24-6-22-15)11-12(19)9(2)14(21-4)18-16(11)23-7-25-18/h5,19H,6-7H2,1-4H3. The van der Waals surface area contributed by atoms with E-state index in [1.54, 1.807) is 14.0 Å². The molecule has 7 nitrogen and oxygen atoms in total. The molecule has 2 aromatic carbocycles. The molecular formula is C18H18O7. The van der Waals surface area contributed by atoms with Crippen LogP contribution in [0.15, 0.2) is 6.07 Å². The molecule has 0 saturated carbocycles. The molecule has 0 radical (unpaired) electrons. The predicted octanol–water partition coefficient (Wildman–Crippen LogP) is 3.15. The van der Waals surface area contributed by atoms with Gasteiger partial charge in [-0.3, -0.25) is 0 Å². The Morgan fingerprint density at radius 3 is 2.04 bits per heavy atom. The predicted molar refractivity (Wildman–Crippen MR) is 88.4 cm³/mol. The summed E-state index contributed by atoms with van der Waals surface area (Å²) in [6.07, 6.45) is 0. The largest absolute Gasteiger partial charge is 0.507 e. The van der Waals surface area contributed by atoms with E-state index in [1.165, 1.54) is 7.11 Å². The lowest BCUT2D eigenvalue weighted by Gasteiger charge is -2.17. The molecule has 0 spiro atoms. The molecule has 7 heteroatoms. The summed E-state index contributed by atoms with van der Waals surface area (Å²) < 4.78 is 33.2. The molecule has 2 aromatic rings. The number of rotatable bonds is 3. The van der Waals surface area contributed by atoms with Gasteiger partial charge in [0.2, 0.25) is 25.1 Å². The zero-order chi connectivity index (χ0) is 17.7. The fraction of sp³-hybridized carbons (Fsp3) is 0.333. The molecule has 132 valence electrons. The molecule has 2 aliphatic rings. The van der Waals surface area contributed by atoms with Crippen LogP contribution >= 0.6 is 0 Å². The zero-order valence-corrected chi connectivity index (χ0v) is 14.4. The molecule has 25 heavy (non-hydrogen) atoms. The van der Waals surface area contributed by atoms with Crippen LogP contribution in [-0.2, 0) is 0 Å². The average Bonchev–Trinajstić information content (AvgIpc) is 3.25. The Hall–Kier alpha value is -2.96. The van der Waals surface area contributed by atoms with E-state index in [-0.39, 0.29) is 19.3 Å². The lowest BCUT2D eigenvalue weighted by Crippen LogP contribution is -1.96. The number of ether oxygens (including phenoxy) is 6. The van der Waals surface area contributed by atoms with Gasteiger partial charge in [0.1, 0.15) is 5.75 Å². The first-order chi connectivity index (χ1) is 12.1. The van der Waals surface area contributed by atoms with Gasteiger partial charge >= 0.3 is 0 Å². The summed E-state index contributed by atoms with van der Waals surface area (Å²) >= 11 is 0. The van der Waals surface area contributed by atoms with Crippen LogP contribution in [-0.4, -0.2) is 32.9 Å². The molecule has 2 heterocycles. The first-order valence-electron chi connectivity index (χ1n) is 7.75. The number of benzene rings is 2. The molecule has 2 aliphatic heterocycles. The fourth-order valence-electron chi connectivity index (χ4n) is 3.31. The topological polar surface area (TPSA) is 75.6 Å². The normalized spacial score (nSPS) is 13.9. The van der Waals surface area contributed by atoms with Gasteiger partial charge in [-0.25, -0.2) is 0 Å². The third-order valence-corrected chi connectivity index (χ3v) is 4.44. The third kappa shape index (κ3) is 2.05. The molecule has 0 aromatic heterocycles. The molecule has 0 atom stereocenters. The van der Waals surface area contributed by atoms with Gasteiger partial charge in [0, 0.05) is 11.1 Å². The summed E-state index contributed by atoms with van der Waals surface area (Å²) in [5.41, 5.74) is 2.54. The Bertz CT molecular complexity index is 873. The molecule has 4 rings (SSSR count). The van der Waals surface area contributed by atoms with E-state index in [4.69, 9.17) is 28.4 Å². The van der Waals surface area contributed by atoms with Crippen molar-refractivity contribution in [3.63, 3.8) is 0 Å². The van der Waals surface area contributed by atoms with Gasteiger partial charge in [-0.05, 0) is 25.5 Å². The molecule has 0 amide bonds. The Kier molecular flexibility index (Phi) is 3.45. The van der Waals surface area contributed by atoms with Crippen molar-refractivity contribution in [1.82, 2.24) is 0 Å². The number of aryl methyl sites for hydroxylation is 1. The Balaban J connectivity index is 2.05. The van der Waals surface area contributed by atoms with Crippen LogP contribution in [0.2, 0.25) is 0 Å². The summed E-state index contributed by atoms with van der Waals surface area (Å²) in [6.45, 7) is 3.79. The molecule has 0 aliphatic carbocycles. The first-order valence-corrected chi connectivity index (χ1v) is 7.75. The smallest absolute Gasteiger partial charge is 0.231 e. The van der Waals surface area contributed by atoms with Gasteiger partial charge in [-0.1, -0.05) is 0 Å². The molecule has 0 unspecified atom stereocenters. The minimum atomic E-state index is 0.0448. The number of phenols is 1. The van der Waals surface area contributed by atoms with Crippen molar-refractivity contribution in [2.24, 2.45) is 0 Å². The maximum absolute atomic E-state index is 10.8. The second-order valence-corrected chi connectivity index (χ2v) is 5.79. The van der Waals surface area contributed by atoms with E-state index in [0.717, 1.165) is 5.56 Å². The van der Waals surface area contributed by atoms with Crippen molar-refractivity contribution in [1.29, 1.82) is 0 Å². The van der Waals surface area contributed by atoms with Gasteiger partial charge in [0.15, 0.2) is 23.0 Å². The lowest BCUT2D eigenvalue weighted by atomic mass is 9.96. The zero-order valence-electron chi connectivity index (χ0n) is 14.4. The Morgan fingerprint density at radius 2 is 1.40 bits per heavy atom. The Labute approximate surface area is 144 Å². The van der Waals surface area contributed by atoms with Crippen molar-refractivity contribution in [3.8, 4) is 51.4 Å². The van der Waals surface area contributed by atoms with Crippen LogP contribution in [0, 0.1) is 13.8 Å². The van der Waals surface area contributed by atoms with Crippen molar-refractivity contribution < 1.29 is 33.5 Å². The van der Waals surface area contributed by atoms with Gasteiger partial charge in [-0.15, -0.1) is 0 Å². The van der Waals surface area contributed by atoms with Crippen LogP contribution in [0.5, 0.6) is 40.2 Å².